The summed E-state index contributed by atoms with van der Waals surface area (Å²) in [4.78, 5) is 35.5. The maximum atomic E-state index is 12.5. The Bertz CT molecular complexity index is 1060. The molecular weight excluding hydrogens is 412 g/mol. The maximum absolute atomic E-state index is 12.5. The van der Waals surface area contributed by atoms with Crippen LogP contribution in [-0.4, -0.2) is 51.4 Å². The van der Waals surface area contributed by atoms with Gasteiger partial charge in [-0.3, -0.25) is 19.4 Å². The zero-order chi connectivity index (χ0) is 21.2. The molecule has 0 atom stereocenters. The lowest BCUT2D eigenvalue weighted by molar-refractivity contribution is 0.0655. The van der Waals surface area contributed by atoms with Crippen molar-refractivity contribution in [3.8, 4) is 10.8 Å². The molecule has 1 aromatic carbocycles. The minimum absolute atomic E-state index is 0.232. The second-order valence-corrected chi connectivity index (χ2v) is 9.20. The fourth-order valence-corrected chi connectivity index (χ4v) is 5.17. The Morgan fingerprint density at radius 3 is 2.35 bits per heavy atom. The number of rotatable bonds is 6. The molecule has 8 heteroatoms. The van der Waals surface area contributed by atoms with Gasteiger partial charge in [0.05, 0.1) is 16.0 Å². The number of aromatic nitrogens is 2. The molecule has 4 heterocycles. The van der Waals surface area contributed by atoms with Gasteiger partial charge in [-0.15, -0.1) is 11.3 Å². The molecule has 5 rings (SSSR count). The summed E-state index contributed by atoms with van der Waals surface area (Å²) in [5.41, 5.74) is 0.911. The van der Waals surface area contributed by atoms with E-state index >= 15 is 0 Å². The van der Waals surface area contributed by atoms with Gasteiger partial charge in [-0.2, -0.15) is 4.98 Å². The van der Waals surface area contributed by atoms with E-state index in [2.05, 4.69) is 21.1 Å². The normalized spacial score (nSPS) is 17.2. The summed E-state index contributed by atoms with van der Waals surface area (Å²) in [6.45, 7) is 3.52. The van der Waals surface area contributed by atoms with Crippen LogP contribution >= 0.6 is 11.3 Å². The van der Waals surface area contributed by atoms with Crippen LogP contribution in [0.15, 0.2) is 40.9 Å². The van der Waals surface area contributed by atoms with E-state index in [1.807, 2.05) is 6.07 Å². The summed E-state index contributed by atoms with van der Waals surface area (Å²) in [6, 6.07) is 11.1. The van der Waals surface area contributed by atoms with Crippen molar-refractivity contribution in [2.45, 2.75) is 38.6 Å². The monoisotopic (exact) mass is 436 g/mol. The van der Waals surface area contributed by atoms with E-state index in [0.29, 0.717) is 29.3 Å². The first-order valence-corrected chi connectivity index (χ1v) is 11.6. The van der Waals surface area contributed by atoms with E-state index in [4.69, 9.17) is 4.52 Å². The van der Waals surface area contributed by atoms with Crippen LogP contribution in [0, 0.1) is 0 Å². The molecule has 2 aromatic heterocycles. The van der Waals surface area contributed by atoms with Crippen LogP contribution in [0.5, 0.6) is 0 Å². The molecule has 0 aliphatic carbocycles. The quantitative estimate of drug-likeness (QED) is 0.543. The molecule has 31 heavy (non-hydrogen) atoms. The Kier molecular flexibility index (Phi) is 5.65. The minimum Gasteiger partial charge on any atom is -0.333 e. The molecule has 7 nitrogen and oxygen atoms in total. The highest BCUT2D eigenvalue weighted by molar-refractivity contribution is 7.15. The fourth-order valence-electron chi connectivity index (χ4n) is 4.20. The molecule has 0 radical (unpaired) electrons. The van der Waals surface area contributed by atoms with Crippen LogP contribution in [0.2, 0.25) is 0 Å². The predicted molar refractivity (Wildman–Crippen MR) is 117 cm³/mol. The lowest BCUT2D eigenvalue weighted by Gasteiger charge is -2.18. The van der Waals surface area contributed by atoms with Gasteiger partial charge in [-0.1, -0.05) is 30.1 Å². The van der Waals surface area contributed by atoms with Gasteiger partial charge in [0.25, 0.3) is 17.7 Å². The number of fused-ring (bicyclic) bond motifs is 1. The van der Waals surface area contributed by atoms with Crippen molar-refractivity contribution in [1.29, 1.82) is 0 Å². The van der Waals surface area contributed by atoms with Crippen LogP contribution in [0.25, 0.3) is 10.8 Å². The van der Waals surface area contributed by atoms with E-state index < -0.39 is 0 Å². The molecule has 1 saturated heterocycles. The van der Waals surface area contributed by atoms with Crippen LogP contribution in [-0.2, 0) is 13.0 Å². The Hall–Kier alpha value is -2.84. The minimum atomic E-state index is -0.263. The van der Waals surface area contributed by atoms with Gasteiger partial charge in [0.15, 0.2) is 5.82 Å². The maximum Gasteiger partial charge on any atom is 0.267 e. The smallest absolute Gasteiger partial charge is 0.267 e. The average Bonchev–Trinajstić information content (AvgIpc) is 3.43. The standard InChI is InChI=1S/C23H24N4O3S/c28-22-17-7-3-4-8-18(17)23(29)27(22)14-11-20-24-21(30-25-20)19-10-9-16(31-19)15-26-12-5-1-2-6-13-26/h3-4,7-10H,1-2,5-6,11-15H2. The molecule has 2 aliphatic rings. The number of imide groups is 1. The highest BCUT2D eigenvalue weighted by Gasteiger charge is 2.34. The molecule has 0 saturated carbocycles. The Morgan fingerprint density at radius 2 is 1.65 bits per heavy atom. The zero-order valence-electron chi connectivity index (χ0n) is 17.2. The van der Waals surface area contributed by atoms with Crippen molar-refractivity contribution in [2.24, 2.45) is 0 Å². The van der Waals surface area contributed by atoms with Crippen molar-refractivity contribution >= 4 is 23.2 Å². The second-order valence-electron chi connectivity index (χ2n) is 8.03. The molecule has 0 unspecified atom stereocenters. The third-order valence-corrected chi connectivity index (χ3v) is 6.91. The summed E-state index contributed by atoms with van der Waals surface area (Å²) in [5, 5.41) is 4.05. The highest BCUT2D eigenvalue weighted by atomic mass is 32.1. The van der Waals surface area contributed by atoms with E-state index in [9.17, 15) is 9.59 Å². The molecule has 2 amide bonds. The van der Waals surface area contributed by atoms with E-state index in [1.165, 1.54) is 35.5 Å². The third kappa shape index (κ3) is 4.18. The molecule has 2 aliphatic heterocycles. The van der Waals surface area contributed by atoms with Crippen LogP contribution in [0.4, 0.5) is 0 Å². The molecular formula is C23H24N4O3S. The summed E-state index contributed by atoms with van der Waals surface area (Å²) in [7, 11) is 0. The Balaban J connectivity index is 1.21. The van der Waals surface area contributed by atoms with E-state index in [-0.39, 0.29) is 18.4 Å². The van der Waals surface area contributed by atoms with Gasteiger partial charge in [0.1, 0.15) is 0 Å². The van der Waals surface area contributed by atoms with Crippen LogP contribution in [0.1, 0.15) is 57.1 Å². The van der Waals surface area contributed by atoms with E-state index in [1.54, 1.807) is 35.6 Å². The zero-order valence-corrected chi connectivity index (χ0v) is 18.1. The Labute approximate surface area is 184 Å². The summed E-state index contributed by atoms with van der Waals surface area (Å²) < 4.78 is 5.45. The van der Waals surface area contributed by atoms with Gasteiger partial charge in [-0.25, -0.2) is 0 Å². The van der Waals surface area contributed by atoms with Gasteiger partial charge in [0.2, 0.25) is 0 Å². The Morgan fingerprint density at radius 1 is 0.935 bits per heavy atom. The lowest BCUT2D eigenvalue weighted by Crippen LogP contribution is -2.31. The molecule has 0 bridgehead atoms. The third-order valence-electron chi connectivity index (χ3n) is 5.86. The number of hydrogen-bond donors (Lipinski definition) is 0. The first-order valence-electron chi connectivity index (χ1n) is 10.8. The van der Waals surface area contributed by atoms with Crippen molar-refractivity contribution in [1.82, 2.24) is 19.9 Å². The topological polar surface area (TPSA) is 79.5 Å². The predicted octanol–water partition coefficient (Wildman–Crippen LogP) is 4.01. The van der Waals surface area contributed by atoms with Gasteiger partial charge in [-0.05, 0) is 50.2 Å². The van der Waals surface area contributed by atoms with Gasteiger partial charge >= 0.3 is 0 Å². The van der Waals surface area contributed by atoms with Gasteiger partial charge in [0, 0.05) is 24.4 Å². The number of amides is 2. The van der Waals surface area contributed by atoms with Crippen molar-refractivity contribution < 1.29 is 14.1 Å². The van der Waals surface area contributed by atoms with Crippen LogP contribution < -0.4 is 0 Å². The highest BCUT2D eigenvalue weighted by Crippen LogP contribution is 2.28. The van der Waals surface area contributed by atoms with Gasteiger partial charge < -0.3 is 4.52 Å². The first-order chi connectivity index (χ1) is 15.2. The number of thiophene rings is 1. The number of likely N-dealkylation sites (tertiary alicyclic amines) is 1. The molecule has 160 valence electrons. The van der Waals surface area contributed by atoms with Crippen LogP contribution in [0.3, 0.4) is 0 Å². The molecule has 1 fully saturated rings. The lowest BCUT2D eigenvalue weighted by atomic mass is 10.1. The second kappa shape index (κ2) is 8.72. The largest absolute Gasteiger partial charge is 0.333 e. The number of hydrogen-bond acceptors (Lipinski definition) is 7. The van der Waals surface area contributed by atoms with Crippen molar-refractivity contribution in [2.75, 3.05) is 19.6 Å². The van der Waals surface area contributed by atoms with E-state index in [0.717, 1.165) is 24.5 Å². The number of nitrogens with zero attached hydrogens (tertiary/aromatic N) is 4. The number of carbonyl (C=O) groups is 2. The molecule has 0 N–H and O–H groups in total. The summed E-state index contributed by atoms with van der Waals surface area (Å²) in [6.07, 6.45) is 5.58. The number of benzene rings is 1. The SMILES string of the molecule is O=C1c2ccccc2C(=O)N1CCc1noc(-c2ccc(CN3CCCCCC3)s2)n1. The van der Waals surface area contributed by atoms with Crippen molar-refractivity contribution in [3.05, 3.63) is 58.2 Å². The molecule has 3 aromatic rings. The fraction of sp³-hybridized carbons (Fsp3) is 0.391. The number of carbonyl (C=O) groups excluding carboxylic acids is 2. The summed E-state index contributed by atoms with van der Waals surface area (Å²) >= 11 is 1.68. The summed E-state index contributed by atoms with van der Waals surface area (Å²) in [5.74, 6) is 0.458. The molecule has 0 spiro atoms. The average molecular weight is 437 g/mol. The first kappa shape index (κ1) is 20.1. The van der Waals surface area contributed by atoms with Crippen molar-refractivity contribution in [3.63, 3.8) is 0 Å².